The van der Waals surface area contributed by atoms with Crippen LogP contribution in [0.1, 0.15) is 66.2 Å². The van der Waals surface area contributed by atoms with E-state index in [1.165, 1.54) is 0 Å². The number of carbonyl (C=O) groups excluding carboxylic acids is 2. The summed E-state index contributed by atoms with van der Waals surface area (Å²) >= 11 is 12.0. The molecule has 0 aliphatic carbocycles. The maximum absolute atomic E-state index is 13.2. The Labute approximate surface area is 256 Å². The van der Waals surface area contributed by atoms with Gasteiger partial charge in [0.15, 0.2) is 0 Å². The van der Waals surface area contributed by atoms with Gasteiger partial charge in [0, 0.05) is 19.5 Å². The zero-order chi connectivity index (χ0) is 28.3. The van der Waals surface area contributed by atoms with E-state index in [1.54, 1.807) is 11.0 Å². The quantitative estimate of drug-likeness (QED) is 0.180. The minimum atomic E-state index is -0.730. The Morgan fingerprint density at radius 3 is 2.46 bits per heavy atom. The van der Waals surface area contributed by atoms with Gasteiger partial charge in [-0.05, 0) is 80.5 Å². The number of unbranched alkanes of at least 4 members (excludes halogenated alkanes) is 1. The van der Waals surface area contributed by atoms with Crippen LogP contribution < -0.4 is 15.8 Å². The van der Waals surface area contributed by atoms with Crippen LogP contribution in [0, 0.1) is 0 Å². The summed E-state index contributed by atoms with van der Waals surface area (Å²) in [6.45, 7) is 2.41. The number of nitrogens with one attached hydrogen (secondary N) is 1. The van der Waals surface area contributed by atoms with Crippen molar-refractivity contribution in [2.75, 3.05) is 26.2 Å². The molecule has 2 amide bonds. The molecule has 1 atom stereocenters. The highest BCUT2D eigenvalue weighted by Gasteiger charge is 2.28. The molecule has 1 fully saturated rings. The lowest BCUT2D eigenvalue weighted by molar-refractivity contribution is 0.0918. The molecule has 3 N–H and O–H groups in total. The fourth-order valence-electron chi connectivity index (χ4n) is 4.54. The summed E-state index contributed by atoms with van der Waals surface area (Å²) in [6.07, 6.45) is 6.05. The van der Waals surface area contributed by atoms with Crippen molar-refractivity contribution in [1.29, 1.82) is 0 Å². The van der Waals surface area contributed by atoms with Gasteiger partial charge in [0.1, 0.15) is 5.75 Å². The number of nitrogens with two attached hydrogens (primary N) is 1. The maximum Gasteiger partial charge on any atom is 0.317 e. The predicted molar refractivity (Wildman–Crippen MR) is 161 cm³/mol. The molecule has 1 aliphatic heterocycles. The van der Waals surface area contributed by atoms with Gasteiger partial charge in [-0.15, -0.1) is 12.4 Å². The van der Waals surface area contributed by atoms with Crippen molar-refractivity contribution in [1.82, 2.24) is 20.4 Å². The number of urea groups is 1. The SMILES string of the molecule is Cl.NCCCC[C@H](NC(=O)N1CCCCC1)C(=O)c1noc(Cc2ccc(OCCc3ccc(Cl)c(Cl)c3)cc2)n1. The van der Waals surface area contributed by atoms with Crippen LogP contribution in [0.25, 0.3) is 0 Å². The van der Waals surface area contributed by atoms with Crippen molar-refractivity contribution in [2.24, 2.45) is 5.73 Å². The lowest BCUT2D eigenvalue weighted by Crippen LogP contribution is -2.49. The molecule has 1 aromatic heterocycles. The lowest BCUT2D eigenvalue weighted by atomic mass is 10.0. The number of carbonyl (C=O) groups is 2. The van der Waals surface area contributed by atoms with Gasteiger partial charge >= 0.3 is 6.03 Å². The van der Waals surface area contributed by atoms with Crippen LogP contribution in [0.3, 0.4) is 0 Å². The monoisotopic (exact) mass is 623 g/mol. The molecule has 222 valence electrons. The number of benzene rings is 2. The second kappa shape index (κ2) is 16.6. The van der Waals surface area contributed by atoms with Crippen LogP contribution in [-0.4, -0.2) is 59.1 Å². The Hall–Kier alpha value is -2.85. The molecule has 9 nitrogen and oxygen atoms in total. The number of amides is 2. The van der Waals surface area contributed by atoms with Crippen molar-refractivity contribution in [3.8, 4) is 5.75 Å². The van der Waals surface area contributed by atoms with E-state index in [-0.39, 0.29) is 30.0 Å². The molecule has 1 saturated heterocycles. The van der Waals surface area contributed by atoms with Crippen LogP contribution in [0.2, 0.25) is 10.0 Å². The topological polar surface area (TPSA) is 124 Å². The van der Waals surface area contributed by atoms with Gasteiger partial charge in [0.25, 0.3) is 0 Å². The first-order valence-electron chi connectivity index (χ1n) is 13.7. The summed E-state index contributed by atoms with van der Waals surface area (Å²) in [4.78, 5) is 32.1. The predicted octanol–water partition coefficient (Wildman–Crippen LogP) is 5.89. The molecule has 41 heavy (non-hydrogen) atoms. The molecule has 0 spiro atoms. The fourth-order valence-corrected chi connectivity index (χ4v) is 4.86. The summed E-state index contributed by atoms with van der Waals surface area (Å²) in [5, 5.41) is 7.86. The van der Waals surface area contributed by atoms with Gasteiger partial charge in [-0.1, -0.05) is 46.6 Å². The van der Waals surface area contributed by atoms with E-state index in [4.69, 9.17) is 38.2 Å². The van der Waals surface area contributed by atoms with E-state index < -0.39 is 6.04 Å². The Morgan fingerprint density at radius 2 is 1.76 bits per heavy atom. The van der Waals surface area contributed by atoms with Gasteiger partial charge in [0.2, 0.25) is 17.5 Å². The van der Waals surface area contributed by atoms with Crippen molar-refractivity contribution < 1.29 is 18.8 Å². The van der Waals surface area contributed by atoms with E-state index in [1.807, 2.05) is 36.4 Å². The van der Waals surface area contributed by atoms with Crippen molar-refractivity contribution in [3.63, 3.8) is 0 Å². The van der Waals surface area contributed by atoms with E-state index in [9.17, 15) is 9.59 Å². The van der Waals surface area contributed by atoms with Crippen LogP contribution in [0.4, 0.5) is 4.79 Å². The minimum absolute atomic E-state index is 0. The molecule has 1 aliphatic rings. The number of hydrogen-bond donors (Lipinski definition) is 2. The molecule has 0 radical (unpaired) electrons. The Bertz CT molecular complexity index is 1270. The first kappa shape index (κ1) is 32.7. The second-order valence-electron chi connectivity index (χ2n) is 9.88. The third kappa shape index (κ3) is 9.88. The average molecular weight is 625 g/mol. The molecular formula is C29H36Cl3N5O4. The molecular weight excluding hydrogens is 589 g/mol. The number of ketones is 1. The third-order valence-electron chi connectivity index (χ3n) is 6.82. The van der Waals surface area contributed by atoms with Gasteiger partial charge in [0.05, 0.1) is 29.1 Å². The van der Waals surface area contributed by atoms with Crippen LogP contribution in [0.5, 0.6) is 5.75 Å². The fraction of sp³-hybridized carbons (Fsp3) is 0.448. The number of aromatic nitrogens is 2. The van der Waals surface area contributed by atoms with E-state index in [0.29, 0.717) is 67.9 Å². The molecule has 2 heterocycles. The highest BCUT2D eigenvalue weighted by Crippen LogP contribution is 2.23. The summed E-state index contributed by atoms with van der Waals surface area (Å²) in [5.41, 5.74) is 7.60. The summed E-state index contributed by atoms with van der Waals surface area (Å²) < 4.78 is 11.2. The average Bonchev–Trinajstić information content (AvgIpc) is 3.44. The molecule has 0 saturated carbocycles. The highest BCUT2D eigenvalue weighted by molar-refractivity contribution is 6.42. The first-order chi connectivity index (χ1) is 19.4. The molecule has 0 unspecified atom stereocenters. The largest absolute Gasteiger partial charge is 0.493 e. The summed E-state index contributed by atoms with van der Waals surface area (Å²) in [7, 11) is 0. The summed E-state index contributed by atoms with van der Waals surface area (Å²) in [5.74, 6) is 0.659. The smallest absolute Gasteiger partial charge is 0.317 e. The van der Waals surface area contributed by atoms with Gasteiger partial charge in [-0.3, -0.25) is 4.79 Å². The first-order valence-corrected chi connectivity index (χ1v) is 14.5. The van der Waals surface area contributed by atoms with Crippen molar-refractivity contribution in [3.05, 3.63) is 75.4 Å². The Morgan fingerprint density at radius 1 is 1.02 bits per heavy atom. The Kier molecular flexibility index (Phi) is 13.2. The number of piperidine rings is 1. The maximum atomic E-state index is 13.2. The molecule has 0 bridgehead atoms. The van der Waals surface area contributed by atoms with Gasteiger partial charge < -0.3 is 25.2 Å². The minimum Gasteiger partial charge on any atom is -0.493 e. The summed E-state index contributed by atoms with van der Waals surface area (Å²) in [6, 6.07) is 12.1. The number of ether oxygens (including phenoxy) is 1. The molecule has 4 rings (SSSR count). The number of Topliss-reactive ketones (excluding diaryl/α,β-unsaturated/α-hetero) is 1. The molecule has 3 aromatic rings. The van der Waals surface area contributed by atoms with E-state index in [2.05, 4.69) is 15.5 Å². The van der Waals surface area contributed by atoms with Gasteiger partial charge in [-0.2, -0.15) is 4.98 Å². The molecule has 12 heteroatoms. The normalized spacial score (nSPS) is 13.8. The number of halogens is 3. The highest BCUT2D eigenvalue weighted by atomic mass is 35.5. The zero-order valence-electron chi connectivity index (χ0n) is 22.8. The second-order valence-corrected chi connectivity index (χ2v) is 10.7. The number of hydrogen-bond acceptors (Lipinski definition) is 7. The Balaban J connectivity index is 0.00000462. The van der Waals surface area contributed by atoms with Crippen molar-refractivity contribution >= 4 is 47.4 Å². The standard InChI is InChI=1S/C29H35Cl2N5O4.ClH/c30-23-12-9-21(18-24(23)31)13-17-39-22-10-7-20(8-11-22)19-26-34-28(35-40-26)27(37)25(6-2-3-14-32)33-29(38)36-15-4-1-5-16-36;/h7-12,18,25H,1-6,13-17,19,32H2,(H,33,38);1H/t25-;/m0./s1. The van der Waals surface area contributed by atoms with Crippen LogP contribution in [0.15, 0.2) is 47.0 Å². The van der Waals surface area contributed by atoms with Crippen LogP contribution >= 0.6 is 35.6 Å². The third-order valence-corrected chi connectivity index (χ3v) is 7.55. The van der Waals surface area contributed by atoms with Gasteiger partial charge in [-0.25, -0.2) is 4.79 Å². The number of rotatable bonds is 13. The van der Waals surface area contributed by atoms with E-state index in [0.717, 1.165) is 42.6 Å². The van der Waals surface area contributed by atoms with E-state index >= 15 is 0 Å². The zero-order valence-corrected chi connectivity index (χ0v) is 25.1. The lowest BCUT2D eigenvalue weighted by Gasteiger charge is -2.28. The number of likely N-dealkylation sites (tertiary alicyclic amines) is 1. The number of nitrogens with zero attached hydrogens (tertiary/aromatic N) is 3. The van der Waals surface area contributed by atoms with Crippen LogP contribution in [-0.2, 0) is 12.8 Å². The van der Waals surface area contributed by atoms with Crippen molar-refractivity contribution in [2.45, 2.75) is 57.4 Å². The molecule has 2 aromatic carbocycles.